The Hall–Kier alpha value is -1.32. The van der Waals surface area contributed by atoms with Crippen molar-refractivity contribution in [2.45, 2.75) is 39.3 Å². The van der Waals surface area contributed by atoms with Crippen LogP contribution in [0.5, 0.6) is 0 Å². The van der Waals surface area contributed by atoms with Gasteiger partial charge in [-0.15, -0.1) is 0 Å². The van der Waals surface area contributed by atoms with Crippen LogP contribution in [0.1, 0.15) is 31.7 Å². The molecule has 3 rings (SSSR count). The summed E-state index contributed by atoms with van der Waals surface area (Å²) >= 11 is 0. The molecule has 0 spiro atoms. The average molecular weight is 285 g/mol. The number of hydrogen-bond acceptors (Lipinski definition) is 2. The van der Waals surface area contributed by atoms with E-state index in [1.807, 2.05) is 0 Å². The van der Waals surface area contributed by atoms with Crippen molar-refractivity contribution in [3.63, 3.8) is 0 Å². The van der Waals surface area contributed by atoms with Crippen molar-refractivity contribution in [1.29, 1.82) is 0 Å². The van der Waals surface area contributed by atoms with E-state index in [1.54, 1.807) is 0 Å². The van der Waals surface area contributed by atoms with E-state index in [4.69, 9.17) is 0 Å². The van der Waals surface area contributed by atoms with E-state index < -0.39 is 0 Å². The lowest BCUT2D eigenvalue weighted by molar-refractivity contribution is 0.326. The molecule has 0 aliphatic carbocycles. The lowest BCUT2D eigenvalue weighted by atomic mass is 10.1. The Bertz CT molecular complexity index is 567. The Morgan fingerprint density at radius 2 is 1.95 bits per heavy atom. The van der Waals surface area contributed by atoms with E-state index in [-0.39, 0.29) is 0 Å². The van der Waals surface area contributed by atoms with Crippen LogP contribution in [0, 0.1) is 0 Å². The zero-order valence-corrected chi connectivity index (χ0v) is 13.1. The van der Waals surface area contributed by atoms with Gasteiger partial charge in [-0.05, 0) is 63.1 Å². The van der Waals surface area contributed by atoms with Gasteiger partial charge in [0.15, 0.2) is 0 Å². The first kappa shape index (κ1) is 14.6. The van der Waals surface area contributed by atoms with Gasteiger partial charge in [0.1, 0.15) is 0 Å². The van der Waals surface area contributed by atoms with Gasteiger partial charge in [0, 0.05) is 30.2 Å². The molecule has 3 heteroatoms. The third kappa shape index (κ3) is 3.47. The van der Waals surface area contributed by atoms with Crippen LogP contribution in [-0.4, -0.2) is 35.6 Å². The second-order valence-electron chi connectivity index (χ2n) is 6.04. The number of rotatable bonds is 7. The van der Waals surface area contributed by atoms with Gasteiger partial charge in [-0.2, -0.15) is 0 Å². The fourth-order valence-electron chi connectivity index (χ4n) is 3.37. The van der Waals surface area contributed by atoms with Gasteiger partial charge in [0.25, 0.3) is 0 Å². The van der Waals surface area contributed by atoms with Crippen molar-refractivity contribution in [3.8, 4) is 0 Å². The smallest absolute Gasteiger partial charge is 0.0483 e. The number of fused-ring (bicyclic) bond motifs is 1. The van der Waals surface area contributed by atoms with Crippen LogP contribution < -0.4 is 5.32 Å². The molecule has 0 saturated carbocycles. The number of aromatic nitrogens is 1. The Balaban J connectivity index is 1.65. The number of benzene rings is 1. The van der Waals surface area contributed by atoms with Crippen molar-refractivity contribution in [2.75, 3.05) is 26.2 Å². The highest BCUT2D eigenvalue weighted by Crippen LogP contribution is 2.21. The SMILES string of the molecule is CCNCc1cccc2c1ccn2CCCN1CCCC1. The Kier molecular flexibility index (Phi) is 4.94. The van der Waals surface area contributed by atoms with Gasteiger partial charge in [-0.25, -0.2) is 0 Å². The highest BCUT2D eigenvalue weighted by atomic mass is 15.1. The summed E-state index contributed by atoms with van der Waals surface area (Å²) in [6.07, 6.45) is 6.28. The standard InChI is InChI=1S/C18H27N3/c1-2-19-15-16-7-5-8-18-17(16)9-14-21(18)13-6-12-20-10-3-4-11-20/h5,7-9,14,19H,2-4,6,10-13,15H2,1H3. The largest absolute Gasteiger partial charge is 0.347 e. The number of aryl methyl sites for hydroxylation is 1. The zero-order valence-electron chi connectivity index (χ0n) is 13.1. The van der Waals surface area contributed by atoms with Crippen molar-refractivity contribution >= 4 is 10.9 Å². The molecule has 3 nitrogen and oxygen atoms in total. The molecule has 0 unspecified atom stereocenters. The van der Waals surface area contributed by atoms with Crippen LogP contribution in [0.15, 0.2) is 30.5 Å². The van der Waals surface area contributed by atoms with Crippen LogP contribution in [0.3, 0.4) is 0 Å². The monoisotopic (exact) mass is 285 g/mol. The minimum Gasteiger partial charge on any atom is -0.347 e. The van der Waals surface area contributed by atoms with Gasteiger partial charge in [0.2, 0.25) is 0 Å². The van der Waals surface area contributed by atoms with Crippen LogP contribution in [-0.2, 0) is 13.1 Å². The molecule has 0 radical (unpaired) electrons. The van der Waals surface area contributed by atoms with Gasteiger partial charge < -0.3 is 14.8 Å². The maximum absolute atomic E-state index is 3.43. The van der Waals surface area contributed by atoms with Crippen LogP contribution in [0.2, 0.25) is 0 Å². The third-order valence-corrected chi connectivity index (χ3v) is 4.54. The van der Waals surface area contributed by atoms with Crippen molar-refractivity contribution in [3.05, 3.63) is 36.0 Å². The minimum atomic E-state index is 0.964. The number of nitrogens with zero attached hydrogens (tertiary/aromatic N) is 2. The van der Waals surface area contributed by atoms with Gasteiger partial charge in [-0.1, -0.05) is 19.1 Å². The topological polar surface area (TPSA) is 20.2 Å². The highest BCUT2D eigenvalue weighted by Gasteiger charge is 2.11. The number of nitrogens with one attached hydrogen (secondary N) is 1. The van der Waals surface area contributed by atoms with Crippen LogP contribution in [0.25, 0.3) is 10.9 Å². The second kappa shape index (κ2) is 7.10. The molecule has 1 N–H and O–H groups in total. The molecule has 0 bridgehead atoms. The molecular formula is C18H27N3. The molecule has 0 amide bonds. The molecule has 2 heterocycles. The zero-order chi connectivity index (χ0) is 14.5. The normalized spacial score (nSPS) is 16.0. The Labute approximate surface area is 127 Å². The number of hydrogen-bond donors (Lipinski definition) is 1. The van der Waals surface area contributed by atoms with Crippen molar-refractivity contribution < 1.29 is 0 Å². The molecule has 114 valence electrons. The first-order valence-electron chi connectivity index (χ1n) is 8.38. The summed E-state index contributed by atoms with van der Waals surface area (Å²) in [5, 5.41) is 4.83. The lowest BCUT2D eigenvalue weighted by Crippen LogP contribution is -2.21. The fraction of sp³-hybridized carbons (Fsp3) is 0.556. The summed E-state index contributed by atoms with van der Waals surface area (Å²) in [6.45, 7) is 9.13. The molecule has 0 atom stereocenters. The molecule has 1 saturated heterocycles. The Morgan fingerprint density at radius 3 is 2.76 bits per heavy atom. The maximum atomic E-state index is 3.43. The molecule has 21 heavy (non-hydrogen) atoms. The van der Waals surface area contributed by atoms with Gasteiger partial charge >= 0.3 is 0 Å². The van der Waals surface area contributed by atoms with Crippen molar-refractivity contribution in [1.82, 2.24) is 14.8 Å². The second-order valence-corrected chi connectivity index (χ2v) is 6.04. The number of likely N-dealkylation sites (tertiary alicyclic amines) is 1. The van der Waals surface area contributed by atoms with Gasteiger partial charge in [-0.3, -0.25) is 0 Å². The average Bonchev–Trinajstić information content (AvgIpc) is 3.15. The predicted molar refractivity (Wildman–Crippen MR) is 89.6 cm³/mol. The van der Waals surface area contributed by atoms with E-state index in [0.29, 0.717) is 0 Å². The Morgan fingerprint density at radius 1 is 1.10 bits per heavy atom. The van der Waals surface area contributed by atoms with E-state index in [9.17, 15) is 0 Å². The lowest BCUT2D eigenvalue weighted by Gasteiger charge is -2.14. The van der Waals surface area contributed by atoms with E-state index in [1.165, 1.54) is 55.4 Å². The van der Waals surface area contributed by atoms with Crippen molar-refractivity contribution in [2.24, 2.45) is 0 Å². The van der Waals surface area contributed by atoms with E-state index in [0.717, 1.165) is 19.6 Å². The fourth-order valence-corrected chi connectivity index (χ4v) is 3.37. The van der Waals surface area contributed by atoms with E-state index in [2.05, 4.69) is 52.2 Å². The summed E-state index contributed by atoms with van der Waals surface area (Å²) in [5.41, 5.74) is 2.79. The molecule has 1 aliphatic rings. The molecular weight excluding hydrogens is 258 g/mol. The summed E-state index contributed by atoms with van der Waals surface area (Å²) in [7, 11) is 0. The third-order valence-electron chi connectivity index (χ3n) is 4.54. The highest BCUT2D eigenvalue weighted by molar-refractivity contribution is 5.83. The van der Waals surface area contributed by atoms with Gasteiger partial charge in [0.05, 0.1) is 0 Å². The molecule has 1 aromatic heterocycles. The molecule has 1 aromatic carbocycles. The first-order valence-corrected chi connectivity index (χ1v) is 8.38. The van der Waals surface area contributed by atoms with Crippen LogP contribution in [0.4, 0.5) is 0 Å². The summed E-state index contributed by atoms with van der Waals surface area (Å²) in [4.78, 5) is 2.60. The first-order chi connectivity index (χ1) is 10.4. The summed E-state index contributed by atoms with van der Waals surface area (Å²) in [6, 6.07) is 8.95. The summed E-state index contributed by atoms with van der Waals surface area (Å²) < 4.78 is 2.42. The molecule has 1 fully saturated rings. The van der Waals surface area contributed by atoms with Crippen LogP contribution >= 0.6 is 0 Å². The van der Waals surface area contributed by atoms with E-state index >= 15 is 0 Å². The maximum Gasteiger partial charge on any atom is 0.0483 e. The molecule has 1 aliphatic heterocycles. The molecule has 2 aromatic rings. The quantitative estimate of drug-likeness (QED) is 0.843. The minimum absolute atomic E-state index is 0.964. The summed E-state index contributed by atoms with van der Waals surface area (Å²) in [5.74, 6) is 0. The predicted octanol–water partition coefficient (Wildman–Crippen LogP) is 3.24.